The minimum absolute atomic E-state index is 0.0735. The number of ether oxygens (including phenoxy) is 1. The molecule has 2 unspecified atom stereocenters. The fraction of sp³-hybridized carbons (Fsp3) is 0.286. The zero-order valence-corrected chi connectivity index (χ0v) is 22.8. The van der Waals surface area contributed by atoms with Crippen molar-refractivity contribution in [2.24, 2.45) is 0 Å². The minimum Gasteiger partial charge on any atom is -0.371 e. The molecule has 37 heavy (non-hydrogen) atoms. The standard InChI is InChI=1S/C28H30ClN5O2S/c1-5-34-26-19(14-23(27(34)35)22-15-21(37(3)4)10-11-24(22)29)16-30-28(32-26)31-20-8-6-18(7-9-20)25-17-33(2)12-13-36-25/h6-11,14-16,25H,3,5,12-13,17H2,1-2,4H3,(H,30,31,32). The number of likely N-dealkylation sites (N-methyl/N-ethyl adjacent to an activating group) is 1. The topological polar surface area (TPSA) is 72.3 Å². The van der Waals surface area contributed by atoms with Crippen molar-refractivity contribution in [2.45, 2.75) is 24.5 Å². The number of rotatable bonds is 6. The first-order valence-corrected chi connectivity index (χ1v) is 14.4. The molecule has 1 aliphatic rings. The quantitative estimate of drug-likeness (QED) is 0.325. The van der Waals surface area contributed by atoms with Crippen molar-refractivity contribution < 1.29 is 4.74 Å². The number of fused-ring (bicyclic) bond motifs is 1. The van der Waals surface area contributed by atoms with E-state index in [2.05, 4.69) is 40.3 Å². The van der Waals surface area contributed by atoms with Crippen LogP contribution in [0.2, 0.25) is 5.02 Å². The van der Waals surface area contributed by atoms with Gasteiger partial charge >= 0.3 is 0 Å². The van der Waals surface area contributed by atoms with Crippen LogP contribution >= 0.6 is 22.1 Å². The Morgan fingerprint density at radius 1 is 1.19 bits per heavy atom. The highest BCUT2D eigenvalue weighted by molar-refractivity contribution is 8.13. The molecule has 0 aliphatic carbocycles. The molecule has 192 valence electrons. The van der Waals surface area contributed by atoms with Crippen LogP contribution in [0.3, 0.4) is 0 Å². The molecule has 5 rings (SSSR count). The zero-order valence-electron chi connectivity index (χ0n) is 21.2. The third-order valence-electron chi connectivity index (χ3n) is 6.58. The van der Waals surface area contributed by atoms with E-state index in [4.69, 9.17) is 21.3 Å². The van der Waals surface area contributed by atoms with E-state index in [1.807, 2.05) is 49.6 Å². The van der Waals surface area contributed by atoms with Gasteiger partial charge in [-0.1, -0.05) is 29.6 Å². The second-order valence-electron chi connectivity index (χ2n) is 9.23. The first-order valence-electron chi connectivity index (χ1n) is 12.2. The molecular weight excluding hydrogens is 506 g/mol. The number of halogens is 1. The summed E-state index contributed by atoms with van der Waals surface area (Å²) in [6, 6.07) is 15.7. The molecule has 3 heterocycles. The Kier molecular flexibility index (Phi) is 7.44. The van der Waals surface area contributed by atoms with Crippen molar-refractivity contribution in [3.05, 3.63) is 75.7 Å². The molecule has 0 amide bonds. The maximum atomic E-state index is 13.5. The smallest absolute Gasteiger partial charge is 0.260 e. The summed E-state index contributed by atoms with van der Waals surface area (Å²) < 4.78 is 7.58. The average molecular weight is 536 g/mol. The Bertz CT molecular complexity index is 1540. The maximum Gasteiger partial charge on any atom is 0.260 e. The highest BCUT2D eigenvalue weighted by atomic mass is 35.5. The van der Waals surface area contributed by atoms with Crippen LogP contribution in [-0.2, 0) is 11.3 Å². The summed E-state index contributed by atoms with van der Waals surface area (Å²) in [6.45, 7) is 4.96. The molecule has 2 atom stereocenters. The van der Waals surface area contributed by atoms with E-state index in [1.54, 1.807) is 10.8 Å². The molecule has 0 spiro atoms. The Labute approximate surface area is 224 Å². The highest BCUT2D eigenvalue weighted by Gasteiger charge is 2.19. The van der Waals surface area contributed by atoms with Crippen LogP contribution in [0.5, 0.6) is 0 Å². The normalized spacial score (nSPS) is 17.1. The number of hydrogen-bond acceptors (Lipinski definition) is 6. The van der Waals surface area contributed by atoms with Crippen LogP contribution in [0.25, 0.3) is 22.2 Å². The molecule has 1 saturated heterocycles. The summed E-state index contributed by atoms with van der Waals surface area (Å²) in [5, 5.41) is 4.56. The van der Waals surface area contributed by atoms with E-state index < -0.39 is 0 Å². The lowest BCUT2D eigenvalue weighted by Crippen LogP contribution is -2.35. The van der Waals surface area contributed by atoms with Crippen LogP contribution in [0.4, 0.5) is 11.6 Å². The lowest BCUT2D eigenvalue weighted by Gasteiger charge is -2.30. The Morgan fingerprint density at radius 2 is 1.97 bits per heavy atom. The number of aromatic nitrogens is 3. The van der Waals surface area contributed by atoms with Gasteiger partial charge in [0.25, 0.3) is 5.56 Å². The van der Waals surface area contributed by atoms with Crippen LogP contribution < -0.4 is 10.9 Å². The first kappa shape index (κ1) is 25.6. The maximum absolute atomic E-state index is 13.5. The van der Waals surface area contributed by atoms with Gasteiger partial charge in [-0.25, -0.2) is 4.98 Å². The molecule has 0 radical (unpaired) electrons. The molecule has 2 aromatic heterocycles. The van der Waals surface area contributed by atoms with Gasteiger partial charge in [0, 0.05) is 57.9 Å². The molecular formula is C28H30ClN5O2S. The predicted octanol–water partition coefficient (Wildman–Crippen LogP) is 5.57. The highest BCUT2D eigenvalue weighted by Crippen LogP contribution is 2.33. The SMILES string of the molecule is C=S(C)c1ccc(Cl)c(-c2cc3cnc(Nc4ccc(C5CN(C)CCO5)cc4)nc3n(CC)c2=O)c1. The van der Waals surface area contributed by atoms with E-state index in [-0.39, 0.29) is 22.1 Å². The summed E-state index contributed by atoms with van der Waals surface area (Å²) in [6.07, 6.45) is 3.85. The lowest BCUT2D eigenvalue weighted by molar-refractivity contribution is -0.0208. The summed E-state index contributed by atoms with van der Waals surface area (Å²) in [7, 11) is 1.91. The Morgan fingerprint density at radius 3 is 2.68 bits per heavy atom. The number of hydrogen-bond donors (Lipinski definition) is 1. The van der Waals surface area contributed by atoms with Crippen molar-refractivity contribution in [2.75, 3.05) is 38.3 Å². The van der Waals surface area contributed by atoms with Crippen molar-refractivity contribution in [3.63, 3.8) is 0 Å². The second-order valence-corrected chi connectivity index (χ2v) is 11.4. The van der Waals surface area contributed by atoms with Gasteiger partial charge < -0.3 is 15.0 Å². The van der Waals surface area contributed by atoms with E-state index in [9.17, 15) is 4.79 Å². The first-order chi connectivity index (χ1) is 17.8. The Hall–Kier alpha value is -3.04. The molecule has 2 aromatic carbocycles. The number of aryl methyl sites for hydroxylation is 1. The molecule has 0 bridgehead atoms. The summed E-state index contributed by atoms with van der Waals surface area (Å²) in [5.41, 5.74) is 3.67. The zero-order chi connectivity index (χ0) is 26.1. The third kappa shape index (κ3) is 5.33. The summed E-state index contributed by atoms with van der Waals surface area (Å²) in [4.78, 5) is 26.1. The molecule has 0 saturated carbocycles. The molecule has 1 fully saturated rings. The van der Waals surface area contributed by atoms with Crippen LogP contribution in [0.15, 0.2) is 64.4 Å². The lowest BCUT2D eigenvalue weighted by atomic mass is 10.1. The number of anilines is 2. The van der Waals surface area contributed by atoms with Crippen molar-refractivity contribution in [3.8, 4) is 11.1 Å². The van der Waals surface area contributed by atoms with Gasteiger partial charge in [-0.05, 0) is 62.2 Å². The van der Waals surface area contributed by atoms with Gasteiger partial charge in [-0.3, -0.25) is 9.36 Å². The van der Waals surface area contributed by atoms with Gasteiger partial charge in [-0.2, -0.15) is 15.5 Å². The van der Waals surface area contributed by atoms with Gasteiger partial charge in [0.15, 0.2) is 0 Å². The molecule has 1 N–H and O–H groups in total. The number of nitrogens with one attached hydrogen (secondary N) is 1. The van der Waals surface area contributed by atoms with Crippen molar-refractivity contribution in [1.82, 2.24) is 19.4 Å². The third-order valence-corrected chi connectivity index (χ3v) is 7.97. The van der Waals surface area contributed by atoms with E-state index >= 15 is 0 Å². The molecule has 9 heteroatoms. The van der Waals surface area contributed by atoms with Crippen LogP contribution in [-0.4, -0.2) is 58.3 Å². The predicted molar refractivity (Wildman–Crippen MR) is 155 cm³/mol. The fourth-order valence-electron chi connectivity index (χ4n) is 4.52. The fourth-order valence-corrected chi connectivity index (χ4v) is 5.36. The number of morpholine rings is 1. The van der Waals surface area contributed by atoms with E-state index in [0.717, 1.165) is 41.2 Å². The minimum atomic E-state index is -0.199. The van der Waals surface area contributed by atoms with Gasteiger partial charge in [0.2, 0.25) is 5.95 Å². The van der Waals surface area contributed by atoms with Gasteiger partial charge in [-0.15, -0.1) is 0 Å². The largest absolute Gasteiger partial charge is 0.371 e. The second kappa shape index (κ2) is 10.8. The van der Waals surface area contributed by atoms with Crippen molar-refractivity contribution in [1.29, 1.82) is 0 Å². The monoisotopic (exact) mass is 535 g/mol. The Balaban J connectivity index is 1.47. The van der Waals surface area contributed by atoms with Crippen molar-refractivity contribution >= 4 is 50.6 Å². The van der Waals surface area contributed by atoms with Crippen LogP contribution in [0.1, 0.15) is 18.6 Å². The van der Waals surface area contributed by atoms with E-state index in [0.29, 0.717) is 34.3 Å². The van der Waals surface area contributed by atoms with Gasteiger partial charge in [0.05, 0.1) is 12.7 Å². The van der Waals surface area contributed by atoms with E-state index in [1.165, 1.54) is 0 Å². The molecule has 1 aliphatic heterocycles. The summed E-state index contributed by atoms with van der Waals surface area (Å²) >= 11 is 6.52. The van der Waals surface area contributed by atoms with Crippen LogP contribution in [0, 0.1) is 0 Å². The number of nitrogens with zero attached hydrogens (tertiary/aromatic N) is 4. The number of benzene rings is 2. The molecule has 4 aromatic rings. The molecule has 7 nitrogen and oxygen atoms in total. The summed E-state index contributed by atoms with van der Waals surface area (Å²) in [5.74, 6) is 4.55. The van der Waals surface area contributed by atoms with Gasteiger partial charge in [0.1, 0.15) is 5.65 Å². The number of pyridine rings is 1. The average Bonchev–Trinajstić information content (AvgIpc) is 2.89.